The molecule has 0 aromatic heterocycles. The van der Waals surface area contributed by atoms with Crippen molar-refractivity contribution in [3.63, 3.8) is 0 Å². The van der Waals surface area contributed by atoms with Crippen LogP contribution in [0, 0.1) is 0 Å². The molecule has 0 aliphatic heterocycles. The fourth-order valence-electron chi connectivity index (χ4n) is 2.49. The minimum absolute atomic E-state index is 0.0000208. The molecule has 2 rings (SSSR count). The number of nitrogens with one attached hydrogen (secondary N) is 1. The highest BCUT2D eigenvalue weighted by Crippen LogP contribution is 2.26. The number of hydrogen-bond acceptors (Lipinski definition) is 5. The Hall–Kier alpha value is -2.95. The van der Waals surface area contributed by atoms with Crippen molar-refractivity contribution in [3.8, 4) is 11.5 Å². The van der Waals surface area contributed by atoms with E-state index in [-0.39, 0.29) is 12.0 Å². The Morgan fingerprint density at radius 1 is 1.00 bits per heavy atom. The van der Waals surface area contributed by atoms with Crippen molar-refractivity contribution in [2.45, 2.75) is 19.4 Å². The predicted molar refractivity (Wildman–Crippen MR) is 103 cm³/mol. The summed E-state index contributed by atoms with van der Waals surface area (Å²) >= 11 is 0. The fraction of sp³-hybridized carbons (Fsp3) is 0.286. The van der Waals surface area contributed by atoms with Crippen LogP contribution in [0.25, 0.3) is 0 Å². The first kappa shape index (κ1) is 19.4. The fourth-order valence-corrected chi connectivity index (χ4v) is 2.49. The number of rotatable bonds is 9. The third-order valence-corrected chi connectivity index (χ3v) is 3.86. The van der Waals surface area contributed by atoms with E-state index in [1.807, 2.05) is 54.6 Å². The van der Waals surface area contributed by atoms with E-state index >= 15 is 0 Å². The quantitative estimate of drug-likeness (QED) is 0.535. The van der Waals surface area contributed by atoms with Crippen LogP contribution in [0.2, 0.25) is 0 Å². The summed E-state index contributed by atoms with van der Waals surface area (Å²) in [7, 11) is 3.28. The van der Waals surface area contributed by atoms with Crippen LogP contribution in [0.1, 0.15) is 24.9 Å². The van der Waals surface area contributed by atoms with Crippen LogP contribution in [0.3, 0.4) is 0 Å². The largest absolute Gasteiger partial charge is 0.497 e. The zero-order chi connectivity index (χ0) is 18.8. The maximum absolute atomic E-state index is 11.5. The summed E-state index contributed by atoms with van der Waals surface area (Å²) in [5.74, 6) is 1.28. The second-order valence-electron chi connectivity index (χ2n) is 5.59. The topological polar surface area (TPSA) is 56.8 Å². The third kappa shape index (κ3) is 5.84. The van der Waals surface area contributed by atoms with Crippen LogP contribution in [0.4, 0.5) is 5.69 Å². The van der Waals surface area contributed by atoms with Gasteiger partial charge in [-0.15, -0.1) is 0 Å². The number of carbonyl (C=O) groups is 1. The lowest BCUT2D eigenvalue weighted by Crippen LogP contribution is -2.10. The number of methoxy groups -OCH3 is 2. The lowest BCUT2D eigenvalue weighted by molar-refractivity contribution is -0.137. The number of anilines is 1. The molecule has 0 bridgehead atoms. The van der Waals surface area contributed by atoms with Gasteiger partial charge in [0.15, 0.2) is 0 Å². The Morgan fingerprint density at radius 3 is 2.12 bits per heavy atom. The van der Waals surface area contributed by atoms with Crippen LogP contribution >= 0.6 is 0 Å². The van der Waals surface area contributed by atoms with E-state index in [1.54, 1.807) is 21.1 Å². The summed E-state index contributed by atoms with van der Waals surface area (Å²) in [4.78, 5) is 11.5. The molecule has 0 aliphatic carbocycles. The van der Waals surface area contributed by atoms with Crippen molar-refractivity contribution >= 4 is 11.7 Å². The molecule has 0 saturated carbocycles. The standard InChI is InChI=1S/C21H25NO4/c1-4-26-21(23)7-5-6-20(16-8-12-18(24-2)13-9-16)22-17-10-14-19(25-3)15-11-17/h5,7-15,20,22H,4,6H2,1-3H3/b7-5+/t20-/m0/s1. The van der Waals surface area contributed by atoms with Gasteiger partial charge in [-0.3, -0.25) is 0 Å². The van der Waals surface area contributed by atoms with E-state index < -0.39 is 0 Å². The molecule has 0 saturated heterocycles. The van der Waals surface area contributed by atoms with Crippen molar-refractivity contribution in [1.29, 1.82) is 0 Å². The van der Waals surface area contributed by atoms with Gasteiger partial charge in [0.05, 0.1) is 26.9 Å². The lowest BCUT2D eigenvalue weighted by atomic mass is 10.0. The normalized spacial score (nSPS) is 11.8. The Morgan fingerprint density at radius 2 is 1.58 bits per heavy atom. The van der Waals surface area contributed by atoms with E-state index in [1.165, 1.54) is 6.08 Å². The molecule has 0 radical (unpaired) electrons. The van der Waals surface area contributed by atoms with E-state index in [2.05, 4.69) is 5.32 Å². The summed E-state index contributed by atoms with van der Waals surface area (Å²) in [6.45, 7) is 2.16. The summed E-state index contributed by atoms with van der Waals surface area (Å²) < 4.78 is 15.3. The zero-order valence-electron chi connectivity index (χ0n) is 15.4. The van der Waals surface area contributed by atoms with Crippen LogP contribution in [0.5, 0.6) is 11.5 Å². The van der Waals surface area contributed by atoms with Crippen LogP contribution in [-0.2, 0) is 9.53 Å². The van der Waals surface area contributed by atoms with Crippen molar-refractivity contribution in [3.05, 3.63) is 66.2 Å². The molecule has 0 unspecified atom stereocenters. The van der Waals surface area contributed by atoms with Gasteiger partial charge in [-0.05, 0) is 55.3 Å². The van der Waals surface area contributed by atoms with Gasteiger partial charge in [0.25, 0.3) is 0 Å². The van der Waals surface area contributed by atoms with Gasteiger partial charge >= 0.3 is 5.97 Å². The summed E-state index contributed by atoms with van der Waals surface area (Å²) in [6.07, 6.45) is 3.93. The van der Waals surface area contributed by atoms with E-state index in [9.17, 15) is 4.79 Å². The second kappa shape index (κ2) is 10.1. The maximum atomic E-state index is 11.5. The summed E-state index contributed by atoms with van der Waals surface area (Å²) in [5, 5.41) is 3.49. The Kier molecular flexibility index (Phi) is 7.55. The van der Waals surface area contributed by atoms with Gasteiger partial charge < -0.3 is 19.5 Å². The molecule has 0 heterocycles. The van der Waals surface area contributed by atoms with E-state index in [0.717, 1.165) is 22.7 Å². The first-order chi connectivity index (χ1) is 12.7. The zero-order valence-corrected chi connectivity index (χ0v) is 15.4. The minimum atomic E-state index is -0.328. The second-order valence-corrected chi connectivity index (χ2v) is 5.59. The smallest absolute Gasteiger partial charge is 0.330 e. The molecule has 0 spiro atoms. The number of hydrogen-bond donors (Lipinski definition) is 1. The molecule has 1 N–H and O–H groups in total. The molecule has 138 valence electrons. The minimum Gasteiger partial charge on any atom is -0.497 e. The lowest BCUT2D eigenvalue weighted by Gasteiger charge is -2.19. The first-order valence-corrected chi connectivity index (χ1v) is 8.54. The maximum Gasteiger partial charge on any atom is 0.330 e. The van der Waals surface area contributed by atoms with Crippen LogP contribution < -0.4 is 14.8 Å². The van der Waals surface area contributed by atoms with Gasteiger partial charge in [-0.1, -0.05) is 18.2 Å². The van der Waals surface area contributed by atoms with E-state index in [0.29, 0.717) is 13.0 Å². The summed E-state index contributed by atoms with van der Waals surface area (Å²) in [6, 6.07) is 15.6. The van der Waals surface area contributed by atoms with Crippen molar-refractivity contribution in [1.82, 2.24) is 0 Å². The molecule has 0 fully saturated rings. The van der Waals surface area contributed by atoms with Gasteiger partial charge in [0, 0.05) is 11.8 Å². The van der Waals surface area contributed by atoms with E-state index in [4.69, 9.17) is 14.2 Å². The van der Waals surface area contributed by atoms with Gasteiger partial charge in [-0.2, -0.15) is 0 Å². The highest BCUT2D eigenvalue weighted by atomic mass is 16.5. The molecule has 0 aliphatic rings. The van der Waals surface area contributed by atoms with Crippen LogP contribution in [-0.4, -0.2) is 26.8 Å². The average Bonchev–Trinajstić information content (AvgIpc) is 2.68. The molecule has 26 heavy (non-hydrogen) atoms. The Labute approximate surface area is 154 Å². The van der Waals surface area contributed by atoms with Crippen molar-refractivity contribution < 1.29 is 19.0 Å². The molecule has 2 aromatic rings. The predicted octanol–water partition coefficient (Wildman–Crippen LogP) is 4.37. The van der Waals surface area contributed by atoms with Crippen molar-refractivity contribution in [2.75, 3.05) is 26.1 Å². The molecule has 5 heteroatoms. The monoisotopic (exact) mass is 355 g/mol. The SMILES string of the molecule is CCOC(=O)/C=C/C[C@H](Nc1ccc(OC)cc1)c1ccc(OC)cc1. The third-order valence-electron chi connectivity index (χ3n) is 3.86. The molecule has 0 amide bonds. The van der Waals surface area contributed by atoms with Gasteiger partial charge in [-0.25, -0.2) is 4.79 Å². The highest BCUT2D eigenvalue weighted by Gasteiger charge is 2.11. The first-order valence-electron chi connectivity index (χ1n) is 8.54. The molecular formula is C21H25NO4. The van der Waals surface area contributed by atoms with Gasteiger partial charge in [0.2, 0.25) is 0 Å². The van der Waals surface area contributed by atoms with Crippen LogP contribution in [0.15, 0.2) is 60.7 Å². The number of carbonyl (C=O) groups excluding carboxylic acids is 1. The molecule has 5 nitrogen and oxygen atoms in total. The highest BCUT2D eigenvalue weighted by molar-refractivity contribution is 5.81. The Bertz CT molecular complexity index is 708. The average molecular weight is 355 g/mol. The number of benzene rings is 2. The summed E-state index contributed by atoms with van der Waals surface area (Å²) in [5.41, 5.74) is 2.06. The molecular weight excluding hydrogens is 330 g/mol. The molecule has 2 aromatic carbocycles. The number of ether oxygens (including phenoxy) is 3. The van der Waals surface area contributed by atoms with Gasteiger partial charge in [0.1, 0.15) is 11.5 Å². The Balaban J connectivity index is 2.14. The van der Waals surface area contributed by atoms with Crippen molar-refractivity contribution in [2.24, 2.45) is 0 Å². The molecule has 1 atom stereocenters. The number of esters is 1.